The molecule has 1 aliphatic heterocycles. The first-order valence-electron chi connectivity index (χ1n) is 5.72. The summed E-state index contributed by atoms with van der Waals surface area (Å²) in [6.07, 6.45) is 0.153. The van der Waals surface area contributed by atoms with Gasteiger partial charge in [0.05, 0.1) is 0 Å². The first-order valence-corrected chi connectivity index (χ1v) is 7.54. The van der Waals surface area contributed by atoms with E-state index in [9.17, 15) is 22.0 Å². The largest absolute Gasteiger partial charge is 0.480 e. The van der Waals surface area contributed by atoms with Crippen molar-refractivity contribution in [1.29, 1.82) is 0 Å². The minimum atomic E-state index is -4.29. The van der Waals surface area contributed by atoms with E-state index in [4.69, 9.17) is 16.7 Å². The Labute approximate surface area is 123 Å². The standard InChI is InChI=1S/C11H10ClF2NO5S/c12-6-1-2-8(20-11(13)14)9(5-6)21(18,19)15-4-3-7(15)10(16)17/h1-2,5,7,11H,3-4H2,(H,16,17)/t7-/m0/s1. The second kappa shape index (κ2) is 5.74. The lowest BCUT2D eigenvalue weighted by Crippen LogP contribution is -2.54. The molecule has 0 aliphatic carbocycles. The molecule has 0 amide bonds. The minimum absolute atomic E-state index is 0.00240. The number of hydrogen-bond acceptors (Lipinski definition) is 4. The Kier molecular flexibility index (Phi) is 4.35. The fraction of sp³-hybridized carbons (Fsp3) is 0.364. The molecule has 1 N–H and O–H groups in total. The van der Waals surface area contributed by atoms with Gasteiger partial charge in [-0.3, -0.25) is 4.79 Å². The van der Waals surface area contributed by atoms with E-state index >= 15 is 0 Å². The van der Waals surface area contributed by atoms with Crippen LogP contribution in [0.3, 0.4) is 0 Å². The molecule has 1 atom stereocenters. The average molecular weight is 342 g/mol. The van der Waals surface area contributed by atoms with E-state index in [0.29, 0.717) is 4.31 Å². The highest BCUT2D eigenvalue weighted by atomic mass is 35.5. The lowest BCUT2D eigenvalue weighted by atomic mass is 10.1. The molecule has 116 valence electrons. The third kappa shape index (κ3) is 3.09. The number of rotatable bonds is 5. The summed E-state index contributed by atoms with van der Waals surface area (Å²) in [5, 5.41) is 8.90. The van der Waals surface area contributed by atoms with Crippen LogP contribution in [0.2, 0.25) is 5.02 Å². The van der Waals surface area contributed by atoms with Crippen LogP contribution in [-0.2, 0) is 14.8 Å². The summed E-state index contributed by atoms with van der Waals surface area (Å²) in [5.41, 5.74) is 0. The molecule has 1 fully saturated rings. The third-order valence-electron chi connectivity index (χ3n) is 2.96. The molecule has 1 saturated heterocycles. The molecule has 0 spiro atoms. The predicted octanol–water partition coefficient (Wildman–Crippen LogP) is 1.79. The van der Waals surface area contributed by atoms with E-state index in [2.05, 4.69) is 4.74 Å². The Hall–Kier alpha value is -1.45. The second-order valence-corrected chi connectivity index (χ2v) is 6.52. The number of carboxylic acids is 1. The van der Waals surface area contributed by atoms with Crippen molar-refractivity contribution in [3.63, 3.8) is 0 Å². The molecule has 0 radical (unpaired) electrons. The van der Waals surface area contributed by atoms with Crippen molar-refractivity contribution >= 4 is 27.6 Å². The van der Waals surface area contributed by atoms with Crippen molar-refractivity contribution in [2.24, 2.45) is 0 Å². The maximum atomic E-state index is 12.4. The number of carboxylic acid groups (broad SMARTS) is 1. The van der Waals surface area contributed by atoms with Gasteiger partial charge < -0.3 is 9.84 Å². The molecule has 0 saturated carbocycles. The molecule has 1 aromatic rings. The number of halogens is 3. The Morgan fingerprint density at radius 3 is 2.62 bits per heavy atom. The van der Waals surface area contributed by atoms with Gasteiger partial charge in [0.15, 0.2) is 0 Å². The first kappa shape index (κ1) is 15.9. The zero-order valence-corrected chi connectivity index (χ0v) is 11.9. The summed E-state index contributed by atoms with van der Waals surface area (Å²) in [7, 11) is -4.29. The molecule has 1 aliphatic rings. The molecular formula is C11H10ClF2NO5S. The van der Waals surface area contributed by atoms with Crippen LogP contribution in [0.4, 0.5) is 8.78 Å². The van der Waals surface area contributed by atoms with Gasteiger partial charge in [-0.25, -0.2) is 8.42 Å². The summed E-state index contributed by atoms with van der Waals surface area (Å²) in [4.78, 5) is 10.3. The van der Waals surface area contributed by atoms with Crippen LogP contribution in [0.5, 0.6) is 5.75 Å². The molecule has 6 nitrogen and oxygen atoms in total. The van der Waals surface area contributed by atoms with Crippen LogP contribution < -0.4 is 4.74 Å². The summed E-state index contributed by atoms with van der Waals surface area (Å²) in [6, 6.07) is 1.93. The van der Waals surface area contributed by atoms with E-state index in [1.807, 2.05) is 0 Å². The Balaban J connectivity index is 2.44. The van der Waals surface area contributed by atoms with Crippen molar-refractivity contribution in [3.8, 4) is 5.75 Å². The maximum Gasteiger partial charge on any atom is 0.387 e. The molecule has 0 bridgehead atoms. The summed E-state index contributed by atoms with van der Waals surface area (Å²) in [6.45, 7) is -3.23. The predicted molar refractivity (Wildman–Crippen MR) is 68.0 cm³/mol. The van der Waals surface area contributed by atoms with E-state index in [1.165, 1.54) is 6.07 Å². The van der Waals surface area contributed by atoms with Crippen LogP contribution in [0.25, 0.3) is 0 Å². The fourth-order valence-corrected chi connectivity index (χ4v) is 3.91. The van der Waals surface area contributed by atoms with E-state index in [0.717, 1.165) is 12.1 Å². The molecule has 2 rings (SSSR count). The number of benzene rings is 1. The quantitative estimate of drug-likeness (QED) is 0.882. The number of sulfonamides is 1. The summed E-state index contributed by atoms with van der Waals surface area (Å²) >= 11 is 5.68. The molecule has 0 unspecified atom stereocenters. The molecule has 0 aromatic heterocycles. The first-order chi connectivity index (χ1) is 9.73. The topological polar surface area (TPSA) is 83.9 Å². The second-order valence-electron chi connectivity index (χ2n) is 4.23. The van der Waals surface area contributed by atoms with Gasteiger partial charge in [0.25, 0.3) is 0 Å². The maximum absolute atomic E-state index is 12.4. The van der Waals surface area contributed by atoms with Crippen molar-refractivity contribution in [1.82, 2.24) is 4.31 Å². The fourth-order valence-electron chi connectivity index (χ4n) is 1.90. The Morgan fingerprint density at radius 1 is 1.48 bits per heavy atom. The van der Waals surface area contributed by atoms with Crippen molar-refractivity contribution in [2.75, 3.05) is 6.54 Å². The van der Waals surface area contributed by atoms with E-state index in [1.54, 1.807) is 0 Å². The summed E-state index contributed by atoms with van der Waals surface area (Å²) in [5.74, 6) is -1.88. The van der Waals surface area contributed by atoms with Gasteiger partial charge in [-0.1, -0.05) is 11.6 Å². The van der Waals surface area contributed by atoms with Crippen LogP contribution in [0, 0.1) is 0 Å². The molecule has 10 heteroatoms. The van der Waals surface area contributed by atoms with Crippen molar-refractivity contribution in [3.05, 3.63) is 23.2 Å². The molecule has 1 heterocycles. The van der Waals surface area contributed by atoms with Gasteiger partial charge in [-0.15, -0.1) is 0 Å². The van der Waals surface area contributed by atoms with Crippen LogP contribution in [-0.4, -0.2) is 43.0 Å². The number of carbonyl (C=O) groups is 1. The molecular weight excluding hydrogens is 332 g/mol. The zero-order valence-electron chi connectivity index (χ0n) is 10.4. The van der Waals surface area contributed by atoms with Gasteiger partial charge in [-0.2, -0.15) is 13.1 Å². The molecule has 21 heavy (non-hydrogen) atoms. The summed E-state index contributed by atoms with van der Waals surface area (Å²) < 4.78 is 54.3. The lowest BCUT2D eigenvalue weighted by molar-refractivity contribution is -0.144. The third-order valence-corrected chi connectivity index (χ3v) is 5.13. The normalized spacial score (nSPS) is 19.3. The SMILES string of the molecule is O=C(O)[C@@H]1CCN1S(=O)(=O)c1cc(Cl)ccc1OC(F)F. The Bertz CT molecular complexity index is 667. The van der Waals surface area contributed by atoms with Crippen molar-refractivity contribution in [2.45, 2.75) is 24.0 Å². The monoisotopic (exact) mass is 341 g/mol. The van der Waals surface area contributed by atoms with E-state index < -0.39 is 39.3 Å². The van der Waals surface area contributed by atoms with Crippen LogP contribution >= 0.6 is 11.6 Å². The average Bonchev–Trinajstić information content (AvgIpc) is 2.27. The highest BCUT2D eigenvalue weighted by molar-refractivity contribution is 7.89. The highest BCUT2D eigenvalue weighted by Gasteiger charge is 2.44. The number of nitrogens with zero attached hydrogens (tertiary/aromatic N) is 1. The van der Waals surface area contributed by atoms with Gasteiger partial charge in [0, 0.05) is 11.6 Å². The van der Waals surface area contributed by atoms with Crippen LogP contribution in [0.1, 0.15) is 6.42 Å². The van der Waals surface area contributed by atoms with Gasteiger partial charge in [0.2, 0.25) is 10.0 Å². The number of aliphatic carboxylic acids is 1. The van der Waals surface area contributed by atoms with E-state index in [-0.39, 0.29) is 18.0 Å². The van der Waals surface area contributed by atoms with Gasteiger partial charge in [0.1, 0.15) is 16.7 Å². The minimum Gasteiger partial charge on any atom is -0.480 e. The van der Waals surface area contributed by atoms with Crippen LogP contribution in [0.15, 0.2) is 23.1 Å². The number of ether oxygens (including phenoxy) is 1. The zero-order chi connectivity index (χ0) is 15.8. The smallest absolute Gasteiger partial charge is 0.387 e. The number of hydrogen-bond donors (Lipinski definition) is 1. The number of alkyl halides is 2. The lowest BCUT2D eigenvalue weighted by Gasteiger charge is -2.36. The van der Waals surface area contributed by atoms with Gasteiger partial charge in [-0.05, 0) is 24.6 Å². The highest BCUT2D eigenvalue weighted by Crippen LogP contribution is 2.34. The van der Waals surface area contributed by atoms with Crippen molar-refractivity contribution < 1.29 is 31.8 Å². The molecule has 1 aromatic carbocycles. The Morgan fingerprint density at radius 2 is 2.14 bits per heavy atom. The van der Waals surface area contributed by atoms with Gasteiger partial charge >= 0.3 is 12.6 Å².